The lowest BCUT2D eigenvalue weighted by Gasteiger charge is -2.38. The largest absolute Gasteiger partial charge is 0.387 e. The van der Waals surface area contributed by atoms with Crippen molar-refractivity contribution in [3.05, 3.63) is 35.4 Å². The summed E-state index contributed by atoms with van der Waals surface area (Å²) < 4.78 is 5.46. The SMILES string of the molecule is Cc1ccccc1C1(CNC(=O)CO)CCOCC1. The van der Waals surface area contributed by atoms with Gasteiger partial charge in [-0.2, -0.15) is 0 Å². The molecule has 2 N–H and O–H groups in total. The van der Waals surface area contributed by atoms with Gasteiger partial charge < -0.3 is 15.2 Å². The Morgan fingerprint density at radius 2 is 2.05 bits per heavy atom. The lowest BCUT2D eigenvalue weighted by atomic mass is 9.72. The van der Waals surface area contributed by atoms with Crippen LogP contribution in [-0.4, -0.2) is 37.4 Å². The molecule has 0 spiro atoms. The number of aliphatic hydroxyl groups is 1. The first-order valence-electron chi connectivity index (χ1n) is 6.69. The number of hydrogen-bond donors (Lipinski definition) is 2. The first kappa shape index (κ1) is 14.0. The molecule has 1 saturated heterocycles. The molecular formula is C15H21NO3. The van der Waals surface area contributed by atoms with Gasteiger partial charge in [0.25, 0.3) is 0 Å². The molecule has 0 aromatic heterocycles. The fraction of sp³-hybridized carbons (Fsp3) is 0.533. The summed E-state index contributed by atoms with van der Waals surface area (Å²) in [6.07, 6.45) is 1.78. The number of hydrogen-bond acceptors (Lipinski definition) is 3. The molecule has 4 heteroatoms. The number of carbonyl (C=O) groups is 1. The summed E-state index contributed by atoms with van der Waals surface area (Å²) in [4.78, 5) is 11.3. The van der Waals surface area contributed by atoms with Gasteiger partial charge >= 0.3 is 0 Å². The molecule has 104 valence electrons. The molecule has 0 aliphatic carbocycles. The molecule has 1 heterocycles. The third-order valence-corrected chi connectivity index (χ3v) is 3.93. The highest BCUT2D eigenvalue weighted by atomic mass is 16.5. The first-order valence-corrected chi connectivity index (χ1v) is 6.69. The smallest absolute Gasteiger partial charge is 0.245 e. The van der Waals surface area contributed by atoms with E-state index in [2.05, 4.69) is 24.4 Å². The third-order valence-electron chi connectivity index (χ3n) is 3.93. The number of aliphatic hydroxyl groups excluding tert-OH is 1. The number of carbonyl (C=O) groups excluding carboxylic acids is 1. The zero-order valence-electron chi connectivity index (χ0n) is 11.3. The monoisotopic (exact) mass is 263 g/mol. The van der Waals surface area contributed by atoms with Gasteiger partial charge in [0.05, 0.1) is 0 Å². The van der Waals surface area contributed by atoms with Gasteiger partial charge in [-0.3, -0.25) is 4.79 Å². The summed E-state index contributed by atoms with van der Waals surface area (Å²) >= 11 is 0. The van der Waals surface area contributed by atoms with Gasteiger partial charge in [-0.25, -0.2) is 0 Å². The van der Waals surface area contributed by atoms with Gasteiger partial charge in [-0.15, -0.1) is 0 Å². The predicted octanol–water partition coefficient (Wildman–Crippen LogP) is 1.15. The number of aryl methyl sites for hydroxylation is 1. The summed E-state index contributed by atoms with van der Waals surface area (Å²) in [5.41, 5.74) is 2.44. The average Bonchev–Trinajstić information content (AvgIpc) is 2.46. The van der Waals surface area contributed by atoms with Crippen LogP contribution in [-0.2, 0) is 14.9 Å². The number of rotatable bonds is 4. The third kappa shape index (κ3) is 3.14. The van der Waals surface area contributed by atoms with Crippen molar-refractivity contribution >= 4 is 5.91 Å². The Morgan fingerprint density at radius 3 is 2.68 bits per heavy atom. The highest BCUT2D eigenvalue weighted by Crippen LogP contribution is 2.36. The molecule has 19 heavy (non-hydrogen) atoms. The van der Waals surface area contributed by atoms with Crippen molar-refractivity contribution in [2.24, 2.45) is 0 Å². The Morgan fingerprint density at radius 1 is 1.37 bits per heavy atom. The van der Waals surface area contributed by atoms with Crippen LogP contribution in [0, 0.1) is 6.92 Å². The molecule has 1 aliphatic rings. The van der Waals surface area contributed by atoms with Crippen molar-refractivity contribution in [1.29, 1.82) is 0 Å². The van der Waals surface area contributed by atoms with Crippen molar-refractivity contribution in [2.45, 2.75) is 25.2 Å². The minimum Gasteiger partial charge on any atom is -0.387 e. The van der Waals surface area contributed by atoms with Crippen molar-refractivity contribution in [1.82, 2.24) is 5.32 Å². The van der Waals surface area contributed by atoms with E-state index >= 15 is 0 Å². The second kappa shape index (κ2) is 6.17. The zero-order chi connectivity index (χ0) is 13.7. The van der Waals surface area contributed by atoms with Crippen LogP contribution in [0.5, 0.6) is 0 Å². The van der Waals surface area contributed by atoms with Crippen LogP contribution in [0.4, 0.5) is 0 Å². The van der Waals surface area contributed by atoms with Crippen LogP contribution in [0.25, 0.3) is 0 Å². The molecule has 0 bridgehead atoms. The quantitative estimate of drug-likeness (QED) is 0.857. The van der Waals surface area contributed by atoms with Crippen molar-refractivity contribution in [3.8, 4) is 0 Å². The second-order valence-corrected chi connectivity index (χ2v) is 5.14. The van der Waals surface area contributed by atoms with Gasteiger partial charge in [0, 0.05) is 25.2 Å². The summed E-state index contributed by atoms with van der Waals surface area (Å²) in [7, 11) is 0. The van der Waals surface area contributed by atoms with Crippen molar-refractivity contribution in [2.75, 3.05) is 26.4 Å². The summed E-state index contributed by atoms with van der Waals surface area (Å²) in [5, 5.41) is 11.7. The second-order valence-electron chi connectivity index (χ2n) is 5.14. The molecule has 0 radical (unpaired) electrons. The van der Waals surface area contributed by atoms with Gasteiger partial charge in [0.2, 0.25) is 5.91 Å². The van der Waals surface area contributed by atoms with Crippen LogP contribution in [0.15, 0.2) is 24.3 Å². The molecule has 4 nitrogen and oxygen atoms in total. The molecule has 1 aliphatic heterocycles. The van der Waals surface area contributed by atoms with E-state index in [0.717, 1.165) is 12.8 Å². The van der Waals surface area contributed by atoms with Crippen LogP contribution < -0.4 is 5.32 Å². The Kier molecular flexibility index (Phi) is 4.56. The maximum absolute atomic E-state index is 11.3. The molecule has 0 atom stereocenters. The van der Waals surface area contributed by atoms with E-state index in [9.17, 15) is 4.79 Å². The minimum atomic E-state index is -0.458. The van der Waals surface area contributed by atoms with Crippen molar-refractivity contribution < 1.29 is 14.6 Å². The first-order chi connectivity index (χ1) is 9.18. The van der Waals surface area contributed by atoms with E-state index < -0.39 is 6.61 Å². The Labute approximate surface area is 113 Å². The molecule has 0 saturated carbocycles. The van der Waals surface area contributed by atoms with Crippen LogP contribution in [0.3, 0.4) is 0 Å². The van der Waals surface area contributed by atoms with Gasteiger partial charge in [0.1, 0.15) is 6.61 Å². The molecule has 1 aromatic carbocycles. The fourth-order valence-electron chi connectivity index (χ4n) is 2.80. The molecule has 2 rings (SSSR count). The van der Waals surface area contributed by atoms with E-state index in [1.54, 1.807) is 0 Å². The van der Waals surface area contributed by atoms with Gasteiger partial charge in [-0.1, -0.05) is 24.3 Å². The maximum Gasteiger partial charge on any atom is 0.245 e. The summed E-state index contributed by atoms with van der Waals surface area (Å²) in [6, 6.07) is 8.29. The minimum absolute atomic E-state index is 0.0750. The number of amides is 1. The average molecular weight is 263 g/mol. The van der Waals surface area contributed by atoms with Crippen LogP contribution >= 0.6 is 0 Å². The zero-order valence-corrected chi connectivity index (χ0v) is 11.3. The normalized spacial score (nSPS) is 18.0. The Hall–Kier alpha value is -1.39. The topological polar surface area (TPSA) is 58.6 Å². The molecule has 1 aromatic rings. The summed E-state index contributed by atoms with van der Waals surface area (Å²) in [5.74, 6) is -0.320. The molecular weight excluding hydrogens is 242 g/mol. The lowest BCUT2D eigenvalue weighted by molar-refractivity contribution is -0.124. The fourth-order valence-corrected chi connectivity index (χ4v) is 2.80. The predicted molar refractivity (Wildman–Crippen MR) is 73.0 cm³/mol. The highest BCUT2D eigenvalue weighted by Gasteiger charge is 2.35. The molecule has 0 unspecified atom stereocenters. The number of ether oxygens (including phenoxy) is 1. The van der Waals surface area contributed by atoms with Crippen molar-refractivity contribution in [3.63, 3.8) is 0 Å². The van der Waals surface area contributed by atoms with E-state index in [-0.39, 0.29) is 11.3 Å². The Bertz CT molecular complexity index is 439. The van der Waals surface area contributed by atoms with E-state index in [1.165, 1.54) is 11.1 Å². The van der Waals surface area contributed by atoms with E-state index in [4.69, 9.17) is 9.84 Å². The number of nitrogens with one attached hydrogen (secondary N) is 1. The Balaban J connectivity index is 2.24. The van der Waals surface area contributed by atoms with Gasteiger partial charge in [0.15, 0.2) is 0 Å². The lowest BCUT2D eigenvalue weighted by Crippen LogP contribution is -2.45. The van der Waals surface area contributed by atoms with Gasteiger partial charge in [-0.05, 0) is 30.9 Å². The van der Waals surface area contributed by atoms with Crippen LogP contribution in [0.2, 0.25) is 0 Å². The molecule has 1 fully saturated rings. The molecule has 1 amide bonds. The number of benzene rings is 1. The summed E-state index contributed by atoms with van der Waals surface area (Å²) in [6.45, 7) is 3.62. The highest BCUT2D eigenvalue weighted by molar-refractivity contribution is 5.77. The standard InChI is InChI=1S/C15H21NO3/c1-12-4-2-3-5-13(12)15(6-8-19-9-7-15)11-16-14(18)10-17/h2-5,17H,6-11H2,1H3,(H,16,18). The van der Waals surface area contributed by atoms with Crippen LogP contribution in [0.1, 0.15) is 24.0 Å². The van der Waals surface area contributed by atoms with E-state index in [1.807, 2.05) is 12.1 Å². The maximum atomic E-state index is 11.3. The van der Waals surface area contributed by atoms with E-state index in [0.29, 0.717) is 19.8 Å².